The van der Waals surface area contributed by atoms with Crippen molar-refractivity contribution in [1.29, 1.82) is 0 Å². The fraction of sp³-hybridized carbons (Fsp3) is 0.786. The van der Waals surface area contributed by atoms with Gasteiger partial charge in [-0.1, -0.05) is 26.2 Å². The fourth-order valence-corrected chi connectivity index (χ4v) is 2.69. The minimum atomic E-state index is -1.28. The minimum absolute atomic E-state index is 0.412. The Labute approximate surface area is 124 Å². The molecular weight excluding hydrogens is 274 g/mol. The summed E-state index contributed by atoms with van der Waals surface area (Å²) in [6.45, 7) is 2.73. The third kappa shape index (κ3) is 6.46. The molecule has 3 amide bonds. The van der Waals surface area contributed by atoms with E-state index < -0.39 is 30.4 Å². The van der Waals surface area contributed by atoms with Crippen LogP contribution in [0.2, 0.25) is 0 Å². The summed E-state index contributed by atoms with van der Waals surface area (Å²) < 4.78 is 0. The van der Waals surface area contributed by atoms with Crippen molar-refractivity contribution in [3.8, 4) is 0 Å². The molecule has 7 heteroatoms. The van der Waals surface area contributed by atoms with Gasteiger partial charge in [-0.3, -0.25) is 4.79 Å². The molecule has 0 bridgehead atoms. The Balaban J connectivity index is 2.30. The first-order valence-electron chi connectivity index (χ1n) is 7.47. The molecule has 1 rings (SSSR count). The Morgan fingerprint density at radius 3 is 2.24 bits per heavy atom. The van der Waals surface area contributed by atoms with Crippen LogP contribution >= 0.6 is 0 Å². The predicted octanol–water partition coefficient (Wildman–Crippen LogP) is 0.831. The zero-order valence-electron chi connectivity index (χ0n) is 12.4. The lowest BCUT2D eigenvalue weighted by molar-refractivity contribution is -0.140. The molecule has 1 aliphatic rings. The molecule has 0 aromatic rings. The summed E-state index contributed by atoms with van der Waals surface area (Å²) in [5, 5.41) is 13.8. The molecule has 0 unspecified atom stereocenters. The summed E-state index contributed by atoms with van der Waals surface area (Å²) in [7, 11) is 0. The van der Waals surface area contributed by atoms with Crippen molar-refractivity contribution in [3.63, 3.8) is 0 Å². The molecule has 1 saturated carbocycles. The van der Waals surface area contributed by atoms with Gasteiger partial charge in [-0.2, -0.15) is 0 Å². The van der Waals surface area contributed by atoms with Crippen molar-refractivity contribution in [2.45, 2.75) is 51.5 Å². The van der Waals surface area contributed by atoms with Gasteiger partial charge in [0.2, 0.25) is 5.91 Å². The van der Waals surface area contributed by atoms with Crippen LogP contribution in [0.1, 0.15) is 45.4 Å². The first-order valence-corrected chi connectivity index (χ1v) is 7.47. The molecule has 0 spiro atoms. The average molecular weight is 299 g/mol. The Kier molecular flexibility index (Phi) is 6.98. The lowest BCUT2D eigenvalue weighted by Crippen LogP contribution is -2.48. The molecule has 1 atom stereocenters. The molecular formula is C14H25N3O4. The molecule has 1 aliphatic carbocycles. The Morgan fingerprint density at radius 1 is 1.19 bits per heavy atom. The molecule has 120 valence electrons. The standard InChI is InChI=1S/C14H25N3O4/c1-2-9-3-5-10(6-4-9)8-16-14(21)17-11(13(19)20)7-12(15)18/h9-11H,2-8H2,1H3,(H2,15,18)(H,19,20)(H2,16,17,21)/t9?,10?,11-/m1/s1. The van der Waals surface area contributed by atoms with Crippen LogP contribution in [0.15, 0.2) is 0 Å². The molecule has 7 nitrogen and oxygen atoms in total. The van der Waals surface area contributed by atoms with Crippen LogP contribution in [0.3, 0.4) is 0 Å². The zero-order valence-corrected chi connectivity index (χ0v) is 12.4. The summed E-state index contributed by atoms with van der Waals surface area (Å²) in [5.41, 5.74) is 4.95. The minimum Gasteiger partial charge on any atom is -0.480 e. The SMILES string of the molecule is CCC1CCC(CNC(=O)N[C@H](CC(N)=O)C(=O)O)CC1. The van der Waals surface area contributed by atoms with Gasteiger partial charge in [-0.05, 0) is 24.7 Å². The molecule has 0 saturated heterocycles. The number of carbonyl (C=O) groups is 3. The fourth-order valence-electron chi connectivity index (χ4n) is 2.69. The van der Waals surface area contributed by atoms with Gasteiger partial charge in [0.25, 0.3) is 0 Å². The first-order chi connectivity index (χ1) is 9.92. The number of primary amides is 1. The Bertz CT molecular complexity index is 378. The van der Waals surface area contributed by atoms with Crippen molar-refractivity contribution < 1.29 is 19.5 Å². The maximum atomic E-state index is 11.7. The lowest BCUT2D eigenvalue weighted by atomic mass is 9.81. The molecule has 1 fully saturated rings. The first kappa shape index (κ1) is 17.3. The van der Waals surface area contributed by atoms with Gasteiger partial charge in [0.15, 0.2) is 0 Å². The van der Waals surface area contributed by atoms with E-state index in [4.69, 9.17) is 10.8 Å². The van der Waals surface area contributed by atoms with Gasteiger partial charge in [0.1, 0.15) is 6.04 Å². The van der Waals surface area contributed by atoms with E-state index in [1.54, 1.807) is 0 Å². The molecule has 0 aliphatic heterocycles. The number of hydrogen-bond donors (Lipinski definition) is 4. The van der Waals surface area contributed by atoms with Gasteiger partial charge in [0, 0.05) is 6.54 Å². The summed E-state index contributed by atoms with van der Waals surface area (Å²) in [5.74, 6) is -0.798. The molecule has 5 N–H and O–H groups in total. The predicted molar refractivity (Wildman–Crippen MR) is 77.5 cm³/mol. The van der Waals surface area contributed by atoms with E-state index in [0.717, 1.165) is 18.8 Å². The van der Waals surface area contributed by atoms with Crippen LogP contribution in [0.5, 0.6) is 0 Å². The van der Waals surface area contributed by atoms with E-state index in [9.17, 15) is 14.4 Å². The molecule has 21 heavy (non-hydrogen) atoms. The van der Waals surface area contributed by atoms with Gasteiger partial charge in [0.05, 0.1) is 6.42 Å². The van der Waals surface area contributed by atoms with Crippen molar-refractivity contribution in [3.05, 3.63) is 0 Å². The van der Waals surface area contributed by atoms with E-state index in [1.165, 1.54) is 19.3 Å². The largest absolute Gasteiger partial charge is 0.480 e. The highest BCUT2D eigenvalue weighted by Gasteiger charge is 2.23. The van der Waals surface area contributed by atoms with Crippen molar-refractivity contribution in [2.24, 2.45) is 17.6 Å². The third-order valence-electron chi connectivity index (χ3n) is 4.10. The number of nitrogens with one attached hydrogen (secondary N) is 2. The number of carboxylic acids is 1. The Morgan fingerprint density at radius 2 is 1.76 bits per heavy atom. The summed E-state index contributed by atoms with van der Waals surface area (Å²) in [6.07, 6.45) is 5.33. The van der Waals surface area contributed by atoms with E-state index in [2.05, 4.69) is 17.6 Å². The molecule has 0 aromatic carbocycles. The topological polar surface area (TPSA) is 122 Å². The van der Waals surface area contributed by atoms with Crippen LogP contribution in [0.25, 0.3) is 0 Å². The van der Waals surface area contributed by atoms with E-state index in [1.807, 2.05) is 0 Å². The third-order valence-corrected chi connectivity index (χ3v) is 4.10. The number of carbonyl (C=O) groups excluding carboxylic acids is 2. The highest BCUT2D eigenvalue weighted by atomic mass is 16.4. The lowest BCUT2D eigenvalue weighted by Gasteiger charge is -2.28. The zero-order chi connectivity index (χ0) is 15.8. The maximum absolute atomic E-state index is 11.7. The van der Waals surface area contributed by atoms with Gasteiger partial charge < -0.3 is 21.5 Å². The molecule has 0 radical (unpaired) electrons. The van der Waals surface area contributed by atoms with Crippen LogP contribution in [-0.4, -0.2) is 35.6 Å². The van der Waals surface area contributed by atoms with Gasteiger partial charge in [-0.15, -0.1) is 0 Å². The normalized spacial score (nSPS) is 23.1. The molecule has 0 aromatic heterocycles. The van der Waals surface area contributed by atoms with E-state index in [0.29, 0.717) is 12.5 Å². The van der Waals surface area contributed by atoms with Gasteiger partial charge >= 0.3 is 12.0 Å². The summed E-state index contributed by atoms with van der Waals surface area (Å²) in [6, 6.07) is -1.85. The van der Waals surface area contributed by atoms with Crippen molar-refractivity contribution in [1.82, 2.24) is 10.6 Å². The summed E-state index contributed by atoms with van der Waals surface area (Å²) in [4.78, 5) is 33.3. The summed E-state index contributed by atoms with van der Waals surface area (Å²) >= 11 is 0. The number of rotatable bonds is 7. The van der Waals surface area contributed by atoms with Gasteiger partial charge in [-0.25, -0.2) is 9.59 Å². The highest BCUT2D eigenvalue weighted by molar-refractivity contribution is 5.87. The van der Waals surface area contributed by atoms with Crippen molar-refractivity contribution >= 4 is 17.9 Å². The number of urea groups is 1. The Hall–Kier alpha value is -1.79. The van der Waals surface area contributed by atoms with E-state index in [-0.39, 0.29) is 0 Å². The van der Waals surface area contributed by atoms with Crippen LogP contribution in [0, 0.1) is 11.8 Å². The highest BCUT2D eigenvalue weighted by Crippen LogP contribution is 2.29. The van der Waals surface area contributed by atoms with Crippen LogP contribution in [-0.2, 0) is 9.59 Å². The number of aliphatic carboxylic acids is 1. The second-order valence-corrected chi connectivity index (χ2v) is 5.71. The number of hydrogen-bond acceptors (Lipinski definition) is 3. The van der Waals surface area contributed by atoms with E-state index >= 15 is 0 Å². The smallest absolute Gasteiger partial charge is 0.326 e. The monoisotopic (exact) mass is 299 g/mol. The number of carboxylic acid groups (broad SMARTS) is 1. The second-order valence-electron chi connectivity index (χ2n) is 5.71. The number of amides is 3. The maximum Gasteiger partial charge on any atom is 0.326 e. The second kappa shape index (κ2) is 8.49. The van der Waals surface area contributed by atoms with Crippen molar-refractivity contribution in [2.75, 3.05) is 6.54 Å². The van der Waals surface area contributed by atoms with Crippen LogP contribution in [0.4, 0.5) is 4.79 Å². The number of nitrogens with two attached hydrogens (primary N) is 1. The quantitative estimate of drug-likeness (QED) is 0.556. The average Bonchev–Trinajstić information content (AvgIpc) is 2.44. The van der Waals surface area contributed by atoms with Crippen LogP contribution < -0.4 is 16.4 Å². The molecule has 0 heterocycles.